The van der Waals surface area contributed by atoms with Crippen molar-refractivity contribution in [2.45, 2.75) is 13.3 Å². The summed E-state index contributed by atoms with van der Waals surface area (Å²) in [5.41, 5.74) is 0.963. The van der Waals surface area contributed by atoms with Gasteiger partial charge < -0.3 is 4.84 Å². The zero-order valence-corrected chi connectivity index (χ0v) is 4.79. The number of oxime groups is 1. The molecule has 2 nitrogen and oxygen atoms in total. The van der Waals surface area contributed by atoms with Gasteiger partial charge in [-0.3, -0.25) is 0 Å². The standard InChI is InChI=1S/C4H5NOS/c1-3-2-4(7)6-5-3/h2H2,1H3. The second kappa shape index (κ2) is 1.58. The lowest BCUT2D eigenvalue weighted by Gasteiger charge is -1.79. The SMILES string of the molecule is CC1=NOC(=S)C1. The maximum atomic E-state index is 4.66. The predicted molar refractivity (Wildman–Crippen MR) is 31.4 cm³/mol. The number of hydrogen-bond acceptors (Lipinski definition) is 3. The van der Waals surface area contributed by atoms with Crippen LogP contribution in [0.3, 0.4) is 0 Å². The van der Waals surface area contributed by atoms with Gasteiger partial charge in [0.05, 0.1) is 12.1 Å². The first-order chi connectivity index (χ1) is 3.29. The molecular weight excluding hydrogens is 110 g/mol. The lowest BCUT2D eigenvalue weighted by molar-refractivity contribution is 0.347. The molecule has 0 fully saturated rings. The van der Waals surface area contributed by atoms with Gasteiger partial charge in [-0.25, -0.2) is 0 Å². The summed E-state index contributed by atoms with van der Waals surface area (Å²) in [5, 5.41) is 4.17. The van der Waals surface area contributed by atoms with Crippen LogP contribution in [0.5, 0.6) is 0 Å². The Morgan fingerprint density at radius 3 is 2.71 bits per heavy atom. The van der Waals surface area contributed by atoms with Crippen molar-refractivity contribution in [3.05, 3.63) is 0 Å². The van der Waals surface area contributed by atoms with Gasteiger partial charge in [-0.2, -0.15) is 0 Å². The first-order valence-electron chi connectivity index (χ1n) is 2.02. The molecule has 0 spiro atoms. The molecule has 0 atom stereocenters. The molecule has 0 aromatic carbocycles. The van der Waals surface area contributed by atoms with E-state index in [9.17, 15) is 0 Å². The third-order valence-electron chi connectivity index (χ3n) is 0.703. The minimum absolute atomic E-state index is 0.581. The van der Waals surface area contributed by atoms with Gasteiger partial charge in [0.15, 0.2) is 0 Å². The minimum atomic E-state index is 0.581. The summed E-state index contributed by atoms with van der Waals surface area (Å²) in [7, 11) is 0. The van der Waals surface area contributed by atoms with Crippen LogP contribution in [0.25, 0.3) is 0 Å². The second-order valence-corrected chi connectivity index (χ2v) is 1.92. The molecule has 0 aromatic rings. The Hall–Kier alpha value is -0.440. The first kappa shape index (κ1) is 4.71. The van der Waals surface area contributed by atoms with Gasteiger partial charge in [0.2, 0.25) is 5.05 Å². The Kier molecular flexibility index (Phi) is 1.06. The Labute approximate surface area is 47.1 Å². The third kappa shape index (κ3) is 0.962. The van der Waals surface area contributed by atoms with Crippen molar-refractivity contribution in [3.8, 4) is 0 Å². The molecule has 0 aromatic heterocycles. The Bertz CT molecular complexity index is 130. The molecular formula is C4H5NOS. The fraction of sp³-hybridized carbons (Fsp3) is 0.500. The van der Waals surface area contributed by atoms with Crippen molar-refractivity contribution in [2.75, 3.05) is 0 Å². The highest BCUT2D eigenvalue weighted by Gasteiger charge is 2.07. The number of nitrogens with zero attached hydrogens (tertiary/aromatic N) is 1. The van der Waals surface area contributed by atoms with E-state index in [0.29, 0.717) is 5.05 Å². The van der Waals surface area contributed by atoms with E-state index in [1.165, 1.54) is 0 Å². The van der Waals surface area contributed by atoms with Gasteiger partial charge in [0, 0.05) is 0 Å². The van der Waals surface area contributed by atoms with Crippen LogP contribution >= 0.6 is 12.2 Å². The zero-order chi connectivity index (χ0) is 5.28. The van der Waals surface area contributed by atoms with Gasteiger partial charge in [0.1, 0.15) is 0 Å². The molecule has 1 rings (SSSR count). The van der Waals surface area contributed by atoms with E-state index in [1.54, 1.807) is 0 Å². The third-order valence-corrected chi connectivity index (χ3v) is 0.922. The fourth-order valence-corrected chi connectivity index (χ4v) is 0.648. The molecule has 7 heavy (non-hydrogen) atoms. The summed E-state index contributed by atoms with van der Waals surface area (Å²) >= 11 is 4.66. The van der Waals surface area contributed by atoms with Crippen LogP contribution in [0.15, 0.2) is 5.16 Å². The average molecular weight is 115 g/mol. The van der Waals surface area contributed by atoms with E-state index in [1.807, 2.05) is 6.92 Å². The van der Waals surface area contributed by atoms with E-state index in [0.717, 1.165) is 12.1 Å². The highest BCUT2D eigenvalue weighted by molar-refractivity contribution is 7.80. The molecule has 1 aliphatic rings. The summed E-state index contributed by atoms with van der Waals surface area (Å²) in [6, 6.07) is 0. The van der Waals surface area contributed by atoms with Crippen LogP contribution in [0, 0.1) is 0 Å². The summed E-state index contributed by atoms with van der Waals surface area (Å²) in [6.45, 7) is 1.89. The monoisotopic (exact) mass is 115 g/mol. The first-order valence-corrected chi connectivity index (χ1v) is 2.43. The van der Waals surface area contributed by atoms with Gasteiger partial charge in [-0.05, 0) is 19.1 Å². The summed E-state index contributed by atoms with van der Waals surface area (Å²) in [4.78, 5) is 4.58. The molecule has 0 saturated heterocycles. The van der Waals surface area contributed by atoms with Gasteiger partial charge >= 0.3 is 0 Å². The van der Waals surface area contributed by atoms with Crippen LogP contribution < -0.4 is 0 Å². The van der Waals surface area contributed by atoms with Gasteiger partial charge in [-0.15, -0.1) is 0 Å². The van der Waals surface area contributed by atoms with E-state index < -0.39 is 0 Å². The quantitative estimate of drug-likeness (QED) is 0.441. The Morgan fingerprint density at radius 2 is 2.57 bits per heavy atom. The van der Waals surface area contributed by atoms with Crippen molar-refractivity contribution in [3.63, 3.8) is 0 Å². The normalized spacial score (nSPS) is 19.0. The molecule has 3 heteroatoms. The van der Waals surface area contributed by atoms with Crippen LogP contribution in [0.4, 0.5) is 0 Å². The molecule has 0 aliphatic carbocycles. The van der Waals surface area contributed by atoms with Crippen LogP contribution in [-0.2, 0) is 4.84 Å². The maximum Gasteiger partial charge on any atom is 0.203 e. The number of thiocarbonyl (C=S) groups is 1. The summed E-state index contributed by atoms with van der Waals surface area (Å²) in [5.74, 6) is 0. The second-order valence-electron chi connectivity index (χ2n) is 1.47. The smallest absolute Gasteiger partial charge is 0.203 e. The summed E-state index contributed by atoms with van der Waals surface area (Å²) in [6.07, 6.45) is 0.731. The molecule has 1 aliphatic heterocycles. The molecule has 0 unspecified atom stereocenters. The number of hydrogen-bond donors (Lipinski definition) is 0. The van der Waals surface area contributed by atoms with E-state index in [2.05, 4.69) is 22.2 Å². The average Bonchev–Trinajstić information content (AvgIpc) is 1.87. The van der Waals surface area contributed by atoms with Crippen LogP contribution in [-0.4, -0.2) is 10.8 Å². The largest absolute Gasteiger partial charge is 0.349 e. The molecule has 1 heterocycles. The molecule has 0 radical (unpaired) electrons. The summed E-state index contributed by atoms with van der Waals surface area (Å²) < 4.78 is 0. The van der Waals surface area contributed by atoms with Gasteiger partial charge in [-0.1, -0.05) is 5.16 Å². The predicted octanol–water partition coefficient (Wildman–Crippen LogP) is 1.11. The van der Waals surface area contributed by atoms with E-state index >= 15 is 0 Å². The zero-order valence-electron chi connectivity index (χ0n) is 3.97. The minimum Gasteiger partial charge on any atom is -0.349 e. The Morgan fingerprint density at radius 1 is 1.86 bits per heavy atom. The highest BCUT2D eigenvalue weighted by Crippen LogP contribution is 2.01. The molecule has 0 bridgehead atoms. The van der Waals surface area contributed by atoms with E-state index in [4.69, 9.17) is 0 Å². The van der Waals surface area contributed by atoms with Gasteiger partial charge in [0.25, 0.3) is 0 Å². The van der Waals surface area contributed by atoms with Crippen molar-refractivity contribution in [1.82, 2.24) is 0 Å². The maximum absolute atomic E-state index is 4.66. The molecule has 38 valence electrons. The van der Waals surface area contributed by atoms with E-state index in [-0.39, 0.29) is 0 Å². The lowest BCUT2D eigenvalue weighted by atomic mass is 10.3. The van der Waals surface area contributed by atoms with Crippen molar-refractivity contribution in [2.24, 2.45) is 5.16 Å². The van der Waals surface area contributed by atoms with Crippen molar-refractivity contribution < 1.29 is 4.84 Å². The van der Waals surface area contributed by atoms with Crippen molar-refractivity contribution in [1.29, 1.82) is 0 Å². The molecule has 0 saturated carbocycles. The highest BCUT2D eigenvalue weighted by atomic mass is 32.1. The molecule has 0 amide bonds. The topological polar surface area (TPSA) is 21.6 Å². The lowest BCUT2D eigenvalue weighted by Crippen LogP contribution is -1.89. The van der Waals surface area contributed by atoms with Crippen LogP contribution in [0.2, 0.25) is 0 Å². The Balaban J connectivity index is 2.58. The molecule has 0 N–H and O–H groups in total. The van der Waals surface area contributed by atoms with Crippen LogP contribution in [0.1, 0.15) is 13.3 Å². The number of rotatable bonds is 0. The van der Waals surface area contributed by atoms with Crippen molar-refractivity contribution >= 4 is 23.0 Å². The fourth-order valence-electron chi connectivity index (χ4n) is 0.402.